The highest BCUT2D eigenvalue weighted by Gasteiger charge is 2.12. The van der Waals surface area contributed by atoms with Crippen molar-refractivity contribution >= 4 is 17.8 Å². The molecule has 1 atom stereocenters. The van der Waals surface area contributed by atoms with Crippen LogP contribution in [0, 0.1) is 5.92 Å². The summed E-state index contributed by atoms with van der Waals surface area (Å²) in [5.41, 5.74) is 10.2. The molecule has 0 aromatic heterocycles. The molecule has 0 aromatic carbocycles. The summed E-state index contributed by atoms with van der Waals surface area (Å²) in [4.78, 5) is 29.3. The van der Waals surface area contributed by atoms with Gasteiger partial charge in [-0.1, -0.05) is 13.8 Å². The van der Waals surface area contributed by atoms with Crippen LogP contribution in [0.3, 0.4) is 0 Å². The van der Waals surface area contributed by atoms with Crippen molar-refractivity contribution < 1.29 is 24.6 Å². The van der Waals surface area contributed by atoms with Crippen LogP contribution < -0.4 is 11.5 Å². The second kappa shape index (κ2) is 8.42. The first-order chi connectivity index (χ1) is 7.18. The quantitative estimate of drug-likeness (QED) is 0.465. The minimum atomic E-state index is -1.26. The van der Waals surface area contributed by atoms with E-state index in [4.69, 9.17) is 21.7 Å². The molecule has 1 unspecified atom stereocenters. The Morgan fingerprint density at radius 2 is 1.38 bits per heavy atom. The van der Waals surface area contributed by atoms with Gasteiger partial charge in [0.25, 0.3) is 0 Å². The van der Waals surface area contributed by atoms with Crippen LogP contribution >= 0.6 is 0 Å². The Hall–Kier alpha value is -1.89. The standard InChI is InChI=1S/C5H12N2O.C4H4O4/c1-3(2)4(6)5(7)8;5-3(6)1-2-4(7)8/h3-4H,6H2,1-2H3,(H2,7,8);1-2H,(H,5,6)(H,7,8)/b;2-1+. The molecule has 0 bridgehead atoms. The maximum Gasteiger partial charge on any atom is 0.328 e. The largest absolute Gasteiger partial charge is 0.478 e. The van der Waals surface area contributed by atoms with Crippen LogP contribution in [-0.4, -0.2) is 34.1 Å². The van der Waals surface area contributed by atoms with Crippen molar-refractivity contribution in [1.29, 1.82) is 0 Å². The van der Waals surface area contributed by atoms with E-state index in [0.717, 1.165) is 0 Å². The maximum absolute atomic E-state index is 10.2. The smallest absolute Gasteiger partial charge is 0.328 e. The Labute approximate surface area is 92.7 Å². The van der Waals surface area contributed by atoms with Gasteiger partial charge in [0.15, 0.2) is 0 Å². The number of aliphatic carboxylic acids is 2. The first-order valence-electron chi connectivity index (χ1n) is 4.37. The lowest BCUT2D eigenvalue weighted by atomic mass is 10.1. The third-order valence-corrected chi connectivity index (χ3v) is 1.42. The second-order valence-electron chi connectivity index (χ2n) is 3.18. The van der Waals surface area contributed by atoms with E-state index in [0.29, 0.717) is 12.2 Å². The zero-order chi connectivity index (χ0) is 13.3. The van der Waals surface area contributed by atoms with Gasteiger partial charge in [0.2, 0.25) is 5.91 Å². The summed E-state index contributed by atoms with van der Waals surface area (Å²) in [5, 5.41) is 15.6. The topological polar surface area (TPSA) is 144 Å². The zero-order valence-electron chi connectivity index (χ0n) is 9.08. The Bertz CT molecular complexity index is 270. The fraction of sp³-hybridized carbons (Fsp3) is 0.444. The molecule has 6 N–H and O–H groups in total. The minimum absolute atomic E-state index is 0.146. The average molecular weight is 232 g/mol. The van der Waals surface area contributed by atoms with E-state index >= 15 is 0 Å². The summed E-state index contributed by atoms with van der Waals surface area (Å²) >= 11 is 0. The van der Waals surface area contributed by atoms with E-state index in [9.17, 15) is 14.4 Å². The Morgan fingerprint density at radius 3 is 1.44 bits per heavy atom. The fourth-order valence-electron chi connectivity index (χ4n) is 0.471. The fourth-order valence-corrected chi connectivity index (χ4v) is 0.471. The third-order valence-electron chi connectivity index (χ3n) is 1.42. The Kier molecular flexibility index (Phi) is 8.70. The summed E-state index contributed by atoms with van der Waals surface area (Å²) in [5.74, 6) is -2.80. The number of hydrogen-bond donors (Lipinski definition) is 4. The van der Waals surface area contributed by atoms with Gasteiger partial charge in [-0.3, -0.25) is 4.79 Å². The van der Waals surface area contributed by atoms with Crippen molar-refractivity contribution in [1.82, 2.24) is 0 Å². The number of carboxylic acid groups (broad SMARTS) is 2. The Balaban J connectivity index is 0. The van der Waals surface area contributed by atoms with Crippen LogP contribution in [0.15, 0.2) is 12.2 Å². The summed E-state index contributed by atoms with van der Waals surface area (Å²) in [6, 6.07) is -0.491. The number of carboxylic acids is 2. The molecule has 0 aliphatic heterocycles. The molecule has 92 valence electrons. The molecule has 1 amide bonds. The Morgan fingerprint density at radius 1 is 1.06 bits per heavy atom. The minimum Gasteiger partial charge on any atom is -0.478 e. The summed E-state index contributed by atoms with van der Waals surface area (Å²) in [6.45, 7) is 3.71. The molecule has 0 fully saturated rings. The molecule has 0 aromatic rings. The van der Waals surface area contributed by atoms with Gasteiger partial charge in [-0.2, -0.15) is 0 Å². The number of amides is 1. The molecule has 0 spiro atoms. The van der Waals surface area contributed by atoms with E-state index < -0.39 is 23.9 Å². The van der Waals surface area contributed by atoms with E-state index in [-0.39, 0.29) is 5.92 Å². The molecule has 16 heavy (non-hydrogen) atoms. The van der Waals surface area contributed by atoms with Crippen molar-refractivity contribution in [2.45, 2.75) is 19.9 Å². The van der Waals surface area contributed by atoms with Crippen molar-refractivity contribution in [3.05, 3.63) is 12.2 Å². The number of primary amides is 1. The predicted molar refractivity (Wildman–Crippen MR) is 56.4 cm³/mol. The number of carbonyl (C=O) groups is 3. The van der Waals surface area contributed by atoms with Crippen LogP contribution in [-0.2, 0) is 14.4 Å². The predicted octanol–water partition coefficient (Wildman–Crippen LogP) is -0.833. The molecule has 7 heteroatoms. The number of nitrogens with two attached hydrogens (primary N) is 2. The molecule has 0 saturated carbocycles. The first kappa shape index (κ1) is 16.5. The average Bonchev–Trinajstić information content (AvgIpc) is 2.14. The van der Waals surface area contributed by atoms with Crippen LogP contribution in [0.5, 0.6) is 0 Å². The van der Waals surface area contributed by atoms with Crippen molar-refractivity contribution in [2.24, 2.45) is 17.4 Å². The molecule has 0 rings (SSSR count). The van der Waals surface area contributed by atoms with Gasteiger partial charge in [0.05, 0.1) is 6.04 Å². The van der Waals surface area contributed by atoms with Gasteiger partial charge in [0.1, 0.15) is 0 Å². The third kappa shape index (κ3) is 12.1. The molecule has 7 nitrogen and oxygen atoms in total. The summed E-state index contributed by atoms with van der Waals surface area (Å²) in [7, 11) is 0. The lowest BCUT2D eigenvalue weighted by molar-refractivity contribution is -0.134. The summed E-state index contributed by atoms with van der Waals surface area (Å²) in [6.07, 6.45) is 1.12. The molecular formula is C9H16N2O5. The lowest BCUT2D eigenvalue weighted by Gasteiger charge is -2.09. The van der Waals surface area contributed by atoms with Crippen molar-refractivity contribution in [2.75, 3.05) is 0 Å². The monoisotopic (exact) mass is 232 g/mol. The number of hydrogen-bond acceptors (Lipinski definition) is 4. The van der Waals surface area contributed by atoms with E-state index in [1.807, 2.05) is 13.8 Å². The van der Waals surface area contributed by atoms with Crippen LogP contribution in [0.4, 0.5) is 0 Å². The van der Waals surface area contributed by atoms with Gasteiger partial charge in [0, 0.05) is 12.2 Å². The molecule has 0 saturated heterocycles. The van der Waals surface area contributed by atoms with Gasteiger partial charge < -0.3 is 21.7 Å². The molecule has 0 radical (unpaired) electrons. The van der Waals surface area contributed by atoms with Crippen LogP contribution in [0.1, 0.15) is 13.8 Å². The van der Waals surface area contributed by atoms with Crippen molar-refractivity contribution in [3.63, 3.8) is 0 Å². The normalized spacial score (nSPS) is 11.8. The number of rotatable bonds is 4. The first-order valence-corrected chi connectivity index (χ1v) is 4.37. The SMILES string of the molecule is CC(C)C(N)C(N)=O.O=C(O)/C=C/C(=O)O. The highest BCUT2D eigenvalue weighted by molar-refractivity contribution is 5.89. The second-order valence-corrected chi connectivity index (χ2v) is 3.18. The van der Waals surface area contributed by atoms with Gasteiger partial charge >= 0.3 is 11.9 Å². The number of carbonyl (C=O) groups excluding carboxylic acids is 1. The molecule has 0 aliphatic carbocycles. The highest BCUT2D eigenvalue weighted by atomic mass is 16.4. The van der Waals surface area contributed by atoms with Crippen LogP contribution in [0.25, 0.3) is 0 Å². The van der Waals surface area contributed by atoms with Gasteiger partial charge in [-0.15, -0.1) is 0 Å². The lowest BCUT2D eigenvalue weighted by Crippen LogP contribution is -2.40. The summed E-state index contributed by atoms with van der Waals surface area (Å²) < 4.78 is 0. The highest BCUT2D eigenvalue weighted by Crippen LogP contribution is 1.95. The zero-order valence-corrected chi connectivity index (χ0v) is 9.08. The van der Waals surface area contributed by atoms with Gasteiger partial charge in [-0.25, -0.2) is 9.59 Å². The maximum atomic E-state index is 10.2. The molecule has 0 heterocycles. The van der Waals surface area contributed by atoms with E-state index in [1.54, 1.807) is 0 Å². The molecular weight excluding hydrogens is 216 g/mol. The van der Waals surface area contributed by atoms with Crippen molar-refractivity contribution in [3.8, 4) is 0 Å². The molecule has 0 aliphatic rings. The van der Waals surface area contributed by atoms with E-state index in [2.05, 4.69) is 0 Å². The van der Waals surface area contributed by atoms with Gasteiger partial charge in [-0.05, 0) is 5.92 Å². The van der Waals surface area contributed by atoms with E-state index in [1.165, 1.54) is 0 Å². The van der Waals surface area contributed by atoms with Crippen LogP contribution in [0.2, 0.25) is 0 Å².